The van der Waals surface area contributed by atoms with Crippen molar-refractivity contribution in [3.05, 3.63) is 23.9 Å². The molecular formula is C15H20F3N3O2. The number of carbonyl (C=O) groups is 1. The third-order valence-corrected chi connectivity index (χ3v) is 3.63. The molecule has 1 fully saturated rings. The number of rotatable bonds is 6. The fourth-order valence-electron chi connectivity index (χ4n) is 2.48. The Morgan fingerprint density at radius 3 is 3.00 bits per heavy atom. The van der Waals surface area contributed by atoms with Gasteiger partial charge in [-0.05, 0) is 50.4 Å². The van der Waals surface area contributed by atoms with Crippen molar-refractivity contribution in [2.45, 2.75) is 25.4 Å². The summed E-state index contributed by atoms with van der Waals surface area (Å²) in [5.41, 5.74) is 0.0125. The Morgan fingerprint density at radius 2 is 2.30 bits per heavy atom. The molecule has 0 aliphatic carbocycles. The molecule has 5 nitrogen and oxygen atoms in total. The summed E-state index contributed by atoms with van der Waals surface area (Å²) in [5, 5.41) is 6.01. The number of carbonyl (C=O) groups excluding carboxylic acids is 1. The summed E-state index contributed by atoms with van der Waals surface area (Å²) in [5.74, 6) is -0.264. The highest BCUT2D eigenvalue weighted by atomic mass is 19.4. The topological polar surface area (TPSA) is 63.2 Å². The van der Waals surface area contributed by atoms with Crippen LogP contribution >= 0.6 is 0 Å². The van der Waals surface area contributed by atoms with Gasteiger partial charge in [0.25, 0.3) is 5.91 Å². The first-order valence-electron chi connectivity index (χ1n) is 7.59. The minimum absolute atomic E-state index is 0.0125. The Bertz CT molecular complexity index is 517. The van der Waals surface area contributed by atoms with Gasteiger partial charge in [0, 0.05) is 12.7 Å². The number of hydrogen-bond acceptors (Lipinski definition) is 4. The molecule has 128 valence electrons. The van der Waals surface area contributed by atoms with Gasteiger partial charge in [-0.2, -0.15) is 13.2 Å². The average Bonchev–Trinajstić information content (AvgIpc) is 2.53. The van der Waals surface area contributed by atoms with E-state index in [1.165, 1.54) is 18.3 Å². The predicted octanol–water partition coefficient (Wildman–Crippen LogP) is 2.14. The lowest BCUT2D eigenvalue weighted by Gasteiger charge is -2.22. The minimum atomic E-state index is -4.47. The molecule has 1 unspecified atom stereocenters. The maximum Gasteiger partial charge on any atom is 0.422 e. The highest BCUT2D eigenvalue weighted by molar-refractivity contribution is 5.96. The van der Waals surface area contributed by atoms with Gasteiger partial charge in [0.2, 0.25) is 5.88 Å². The van der Waals surface area contributed by atoms with Crippen molar-refractivity contribution in [2.24, 2.45) is 5.92 Å². The lowest BCUT2D eigenvalue weighted by Crippen LogP contribution is -2.33. The molecule has 1 aromatic heterocycles. The van der Waals surface area contributed by atoms with E-state index in [4.69, 9.17) is 0 Å². The maximum absolute atomic E-state index is 12.2. The van der Waals surface area contributed by atoms with Crippen molar-refractivity contribution in [3.63, 3.8) is 0 Å². The van der Waals surface area contributed by atoms with E-state index in [9.17, 15) is 18.0 Å². The average molecular weight is 331 g/mol. The number of nitrogens with one attached hydrogen (secondary N) is 2. The second kappa shape index (κ2) is 8.14. The van der Waals surface area contributed by atoms with E-state index in [0.717, 1.165) is 32.4 Å². The molecule has 1 atom stereocenters. The number of amides is 1. The molecule has 8 heteroatoms. The zero-order valence-electron chi connectivity index (χ0n) is 12.7. The summed E-state index contributed by atoms with van der Waals surface area (Å²) in [6.45, 7) is 0.956. The lowest BCUT2D eigenvalue weighted by molar-refractivity contribution is -0.154. The molecule has 2 rings (SSSR count). The van der Waals surface area contributed by atoms with Crippen LogP contribution in [0.2, 0.25) is 0 Å². The standard InChI is InChI=1S/C15H20F3N3O2/c16-15(17,18)10-23-14-12(4-2-7-21-14)13(22)20-8-5-11-3-1-6-19-9-11/h2,4,7,11,19H,1,3,5-6,8-10H2,(H,20,22). The zero-order valence-corrected chi connectivity index (χ0v) is 12.7. The van der Waals surface area contributed by atoms with E-state index in [1.807, 2.05) is 0 Å². The van der Waals surface area contributed by atoms with Crippen molar-refractivity contribution in [3.8, 4) is 5.88 Å². The van der Waals surface area contributed by atoms with E-state index in [-0.39, 0.29) is 11.4 Å². The Hall–Kier alpha value is -1.83. The SMILES string of the molecule is O=C(NCCC1CCCNC1)c1cccnc1OCC(F)(F)F. The molecule has 0 bridgehead atoms. The summed E-state index contributed by atoms with van der Waals surface area (Å²) in [6.07, 6.45) is -0.112. The van der Waals surface area contributed by atoms with Gasteiger partial charge in [-0.3, -0.25) is 4.79 Å². The van der Waals surface area contributed by atoms with Crippen LogP contribution in [0.3, 0.4) is 0 Å². The van der Waals surface area contributed by atoms with Crippen LogP contribution in [0.5, 0.6) is 5.88 Å². The Labute approximate surface area is 132 Å². The van der Waals surface area contributed by atoms with Crippen LogP contribution in [0.15, 0.2) is 18.3 Å². The summed E-state index contributed by atoms with van der Waals surface area (Å²) in [7, 11) is 0. The summed E-state index contributed by atoms with van der Waals surface area (Å²) in [6, 6.07) is 2.89. The second-order valence-corrected chi connectivity index (χ2v) is 5.52. The molecule has 0 radical (unpaired) electrons. The molecular weight excluding hydrogens is 311 g/mol. The molecule has 0 spiro atoms. The second-order valence-electron chi connectivity index (χ2n) is 5.52. The van der Waals surface area contributed by atoms with Crippen molar-refractivity contribution in [1.82, 2.24) is 15.6 Å². The fraction of sp³-hybridized carbons (Fsp3) is 0.600. The van der Waals surface area contributed by atoms with Crippen molar-refractivity contribution in [2.75, 3.05) is 26.2 Å². The van der Waals surface area contributed by atoms with Crippen LogP contribution < -0.4 is 15.4 Å². The molecule has 1 saturated heterocycles. The van der Waals surface area contributed by atoms with Crippen LogP contribution in [0.1, 0.15) is 29.6 Å². The van der Waals surface area contributed by atoms with Gasteiger partial charge >= 0.3 is 6.18 Å². The Balaban J connectivity index is 1.85. The number of hydrogen-bond donors (Lipinski definition) is 2. The number of alkyl halides is 3. The first-order chi connectivity index (χ1) is 11.0. The first kappa shape index (κ1) is 17.5. The van der Waals surface area contributed by atoms with Gasteiger partial charge in [0.1, 0.15) is 5.56 Å². The molecule has 1 amide bonds. The highest BCUT2D eigenvalue weighted by Gasteiger charge is 2.29. The number of nitrogens with zero attached hydrogens (tertiary/aromatic N) is 1. The first-order valence-corrected chi connectivity index (χ1v) is 7.59. The van der Waals surface area contributed by atoms with Gasteiger partial charge < -0.3 is 15.4 Å². The van der Waals surface area contributed by atoms with Gasteiger partial charge in [-0.1, -0.05) is 0 Å². The monoisotopic (exact) mass is 331 g/mol. The Morgan fingerprint density at radius 1 is 1.48 bits per heavy atom. The Kier molecular flexibility index (Phi) is 6.20. The number of piperidine rings is 1. The van der Waals surface area contributed by atoms with Crippen LogP contribution in [-0.2, 0) is 0 Å². The number of pyridine rings is 1. The number of halogens is 3. The quantitative estimate of drug-likeness (QED) is 0.838. The third kappa shape index (κ3) is 6.05. The minimum Gasteiger partial charge on any atom is -0.467 e. The predicted molar refractivity (Wildman–Crippen MR) is 78.3 cm³/mol. The van der Waals surface area contributed by atoms with E-state index in [0.29, 0.717) is 12.5 Å². The zero-order chi connectivity index (χ0) is 16.7. The highest BCUT2D eigenvalue weighted by Crippen LogP contribution is 2.20. The molecule has 1 aromatic rings. The molecule has 2 heterocycles. The van der Waals surface area contributed by atoms with E-state index < -0.39 is 18.7 Å². The van der Waals surface area contributed by atoms with Crippen molar-refractivity contribution in [1.29, 1.82) is 0 Å². The van der Waals surface area contributed by atoms with Gasteiger partial charge in [0.15, 0.2) is 6.61 Å². The van der Waals surface area contributed by atoms with Crippen molar-refractivity contribution < 1.29 is 22.7 Å². The van der Waals surface area contributed by atoms with Crippen LogP contribution in [0.4, 0.5) is 13.2 Å². The fourth-order valence-corrected chi connectivity index (χ4v) is 2.48. The molecule has 0 saturated carbocycles. The van der Waals surface area contributed by atoms with Gasteiger partial charge in [-0.15, -0.1) is 0 Å². The van der Waals surface area contributed by atoms with E-state index in [2.05, 4.69) is 20.4 Å². The lowest BCUT2D eigenvalue weighted by atomic mass is 9.96. The van der Waals surface area contributed by atoms with Crippen LogP contribution in [0.25, 0.3) is 0 Å². The van der Waals surface area contributed by atoms with Gasteiger partial charge in [0.05, 0.1) is 0 Å². The summed E-state index contributed by atoms with van der Waals surface area (Å²) < 4.78 is 41.3. The summed E-state index contributed by atoms with van der Waals surface area (Å²) >= 11 is 0. The number of aromatic nitrogens is 1. The molecule has 0 aromatic carbocycles. The smallest absolute Gasteiger partial charge is 0.422 e. The maximum atomic E-state index is 12.2. The van der Waals surface area contributed by atoms with Crippen LogP contribution in [-0.4, -0.2) is 43.3 Å². The molecule has 2 N–H and O–H groups in total. The normalized spacial score (nSPS) is 18.5. The van der Waals surface area contributed by atoms with Gasteiger partial charge in [-0.25, -0.2) is 4.98 Å². The third-order valence-electron chi connectivity index (χ3n) is 3.63. The summed E-state index contributed by atoms with van der Waals surface area (Å²) in [4.78, 5) is 15.8. The van der Waals surface area contributed by atoms with E-state index >= 15 is 0 Å². The molecule has 23 heavy (non-hydrogen) atoms. The molecule has 1 aliphatic heterocycles. The molecule has 1 aliphatic rings. The van der Waals surface area contributed by atoms with E-state index in [1.54, 1.807) is 0 Å². The van der Waals surface area contributed by atoms with Crippen molar-refractivity contribution >= 4 is 5.91 Å². The number of ether oxygens (including phenoxy) is 1. The largest absolute Gasteiger partial charge is 0.467 e. The van der Waals surface area contributed by atoms with Crippen LogP contribution in [0, 0.1) is 5.92 Å².